The van der Waals surface area contributed by atoms with Crippen LogP contribution in [0.15, 0.2) is 28.7 Å². The van der Waals surface area contributed by atoms with Crippen molar-refractivity contribution in [3.05, 3.63) is 34.3 Å². The average molecular weight is 241 g/mol. The molecule has 0 unspecified atom stereocenters. The summed E-state index contributed by atoms with van der Waals surface area (Å²) >= 11 is 3.37. The maximum atomic E-state index is 10.1. The largest absolute Gasteiger partial charge is 0.497 e. The summed E-state index contributed by atoms with van der Waals surface area (Å²) in [6.45, 7) is 0. The number of ether oxygens (including phenoxy) is 1. The summed E-state index contributed by atoms with van der Waals surface area (Å²) in [7, 11) is 1.61. The lowest BCUT2D eigenvalue weighted by molar-refractivity contribution is -0.104. The fourth-order valence-corrected chi connectivity index (χ4v) is 1.30. The van der Waals surface area contributed by atoms with Gasteiger partial charge in [-0.1, -0.05) is 22.0 Å². The first-order valence-corrected chi connectivity index (χ1v) is 4.52. The second kappa shape index (κ2) is 4.82. The van der Waals surface area contributed by atoms with Gasteiger partial charge in [-0.15, -0.1) is 0 Å². The van der Waals surface area contributed by atoms with Crippen molar-refractivity contribution in [1.82, 2.24) is 0 Å². The predicted octanol–water partition coefficient (Wildman–Crippen LogP) is 2.67. The quantitative estimate of drug-likeness (QED) is 0.600. The monoisotopic (exact) mass is 240 g/mol. The van der Waals surface area contributed by atoms with Gasteiger partial charge in [-0.25, -0.2) is 0 Å². The van der Waals surface area contributed by atoms with E-state index in [4.69, 9.17) is 4.74 Å². The van der Waals surface area contributed by atoms with Crippen molar-refractivity contribution in [2.75, 3.05) is 7.11 Å². The number of carbonyl (C=O) groups excluding carboxylic acids is 1. The zero-order valence-corrected chi connectivity index (χ0v) is 8.74. The minimum atomic E-state index is 0.742. The number of allylic oxidation sites excluding steroid dienone is 1. The zero-order valence-electron chi connectivity index (χ0n) is 7.16. The average Bonchev–Trinajstić information content (AvgIpc) is 2.17. The first-order valence-electron chi connectivity index (χ1n) is 3.73. The Morgan fingerprint density at radius 1 is 1.46 bits per heavy atom. The van der Waals surface area contributed by atoms with Gasteiger partial charge in [0.05, 0.1) is 7.11 Å². The van der Waals surface area contributed by atoms with Crippen LogP contribution in [0.2, 0.25) is 0 Å². The van der Waals surface area contributed by atoms with Crippen LogP contribution in [0.5, 0.6) is 5.75 Å². The summed E-state index contributed by atoms with van der Waals surface area (Å²) < 4.78 is 5.98. The first-order chi connectivity index (χ1) is 6.27. The summed E-state index contributed by atoms with van der Waals surface area (Å²) in [5.41, 5.74) is 0.923. The Kier molecular flexibility index (Phi) is 3.71. The van der Waals surface area contributed by atoms with Gasteiger partial charge in [-0.05, 0) is 29.8 Å². The predicted molar refractivity (Wildman–Crippen MR) is 55.8 cm³/mol. The van der Waals surface area contributed by atoms with Crippen molar-refractivity contribution < 1.29 is 9.53 Å². The van der Waals surface area contributed by atoms with Crippen molar-refractivity contribution in [2.45, 2.75) is 0 Å². The van der Waals surface area contributed by atoms with E-state index >= 15 is 0 Å². The molecule has 0 aliphatic rings. The van der Waals surface area contributed by atoms with E-state index in [2.05, 4.69) is 15.9 Å². The lowest BCUT2D eigenvalue weighted by Gasteiger charge is -2.02. The van der Waals surface area contributed by atoms with Gasteiger partial charge in [0.1, 0.15) is 12.0 Å². The topological polar surface area (TPSA) is 26.3 Å². The molecule has 3 heteroatoms. The number of rotatable bonds is 3. The van der Waals surface area contributed by atoms with E-state index in [0.717, 1.165) is 22.1 Å². The number of hydrogen-bond donors (Lipinski definition) is 0. The molecule has 0 N–H and O–H groups in total. The summed E-state index contributed by atoms with van der Waals surface area (Å²) in [4.78, 5) is 10.1. The number of benzene rings is 1. The number of hydrogen-bond acceptors (Lipinski definition) is 2. The molecule has 68 valence electrons. The zero-order chi connectivity index (χ0) is 9.68. The van der Waals surface area contributed by atoms with E-state index in [-0.39, 0.29) is 0 Å². The molecule has 0 aliphatic carbocycles. The Balaban J connectivity index is 3.03. The fourth-order valence-electron chi connectivity index (χ4n) is 0.919. The lowest BCUT2D eigenvalue weighted by atomic mass is 10.2. The Hall–Kier alpha value is -1.09. The van der Waals surface area contributed by atoms with E-state index < -0.39 is 0 Å². The summed E-state index contributed by atoms with van der Waals surface area (Å²) in [5.74, 6) is 0.772. The Bertz CT molecular complexity index is 332. The van der Waals surface area contributed by atoms with Crippen LogP contribution < -0.4 is 4.74 Å². The van der Waals surface area contributed by atoms with Crippen LogP contribution in [0, 0.1) is 0 Å². The molecular formula is C10H9BrO2. The highest BCUT2D eigenvalue weighted by atomic mass is 79.9. The third kappa shape index (κ3) is 2.70. The highest BCUT2D eigenvalue weighted by molar-refractivity contribution is 9.10. The fraction of sp³-hybridized carbons (Fsp3) is 0.100. The van der Waals surface area contributed by atoms with Crippen molar-refractivity contribution in [3.8, 4) is 5.75 Å². The van der Waals surface area contributed by atoms with E-state index in [9.17, 15) is 4.79 Å². The highest BCUT2D eigenvalue weighted by Crippen LogP contribution is 2.23. The first kappa shape index (κ1) is 9.99. The minimum Gasteiger partial charge on any atom is -0.497 e. The van der Waals surface area contributed by atoms with Crippen LogP contribution in [-0.4, -0.2) is 13.4 Å². The third-order valence-electron chi connectivity index (χ3n) is 1.56. The number of carbonyl (C=O) groups is 1. The molecule has 0 amide bonds. The molecule has 1 rings (SSSR count). The molecule has 0 bridgehead atoms. The van der Waals surface area contributed by atoms with Crippen LogP contribution in [0.1, 0.15) is 5.56 Å². The molecule has 0 atom stereocenters. The van der Waals surface area contributed by atoms with E-state index in [1.807, 2.05) is 18.2 Å². The number of aldehydes is 1. The second-order valence-corrected chi connectivity index (χ2v) is 3.24. The van der Waals surface area contributed by atoms with Crippen LogP contribution in [-0.2, 0) is 4.79 Å². The molecule has 0 fully saturated rings. The number of methoxy groups -OCH3 is 1. The van der Waals surface area contributed by atoms with Crippen molar-refractivity contribution in [3.63, 3.8) is 0 Å². The number of halogens is 1. The van der Waals surface area contributed by atoms with Gasteiger partial charge >= 0.3 is 0 Å². The Labute approximate surface area is 85.3 Å². The molecule has 0 saturated heterocycles. The Morgan fingerprint density at radius 2 is 2.23 bits per heavy atom. The van der Waals surface area contributed by atoms with Crippen LogP contribution in [0.3, 0.4) is 0 Å². The second-order valence-electron chi connectivity index (χ2n) is 2.38. The summed E-state index contributed by atoms with van der Waals surface area (Å²) in [6, 6.07) is 5.58. The Morgan fingerprint density at radius 3 is 2.85 bits per heavy atom. The van der Waals surface area contributed by atoms with Crippen molar-refractivity contribution in [1.29, 1.82) is 0 Å². The maximum Gasteiger partial charge on any atom is 0.142 e. The van der Waals surface area contributed by atoms with Crippen molar-refractivity contribution >= 4 is 28.3 Å². The molecule has 13 heavy (non-hydrogen) atoms. The van der Waals surface area contributed by atoms with Gasteiger partial charge in [0.2, 0.25) is 0 Å². The van der Waals surface area contributed by atoms with Gasteiger partial charge in [-0.3, -0.25) is 4.79 Å². The van der Waals surface area contributed by atoms with Crippen LogP contribution >= 0.6 is 15.9 Å². The SMILES string of the molecule is COc1ccc(Br)c(C=CC=O)c1. The molecule has 0 heterocycles. The van der Waals surface area contributed by atoms with Crippen LogP contribution in [0.25, 0.3) is 6.08 Å². The van der Waals surface area contributed by atoms with Gasteiger partial charge in [0, 0.05) is 4.47 Å². The summed E-state index contributed by atoms with van der Waals surface area (Å²) in [6.07, 6.45) is 3.91. The molecule has 1 aromatic carbocycles. The van der Waals surface area contributed by atoms with Crippen LogP contribution in [0.4, 0.5) is 0 Å². The van der Waals surface area contributed by atoms with E-state index in [0.29, 0.717) is 0 Å². The smallest absolute Gasteiger partial charge is 0.142 e. The molecule has 0 radical (unpaired) electrons. The summed E-state index contributed by atoms with van der Waals surface area (Å²) in [5, 5.41) is 0. The van der Waals surface area contributed by atoms with E-state index in [1.54, 1.807) is 13.2 Å². The molecular weight excluding hydrogens is 232 g/mol. The van der Waals surface area contributed by atoms with Gasteiger partial charge in [-0.2, -0.15) is 0 Å². The lowest BCUT2D eigenvalue weighted by Crippen LogP contribution is -1.83. The highest BCUT2D eigenvalue weighted by Gasteiger charge is 1.97. The molecule has 0 spiro atoms. The normalized spacial score (nSPS) is 10.3. The third-order valence-corrected chi connectivity index (χ3v) is 2.28. The van der Waals surface area contributed by atoms with Gasteiger partial charge in [0.25, 0.3) is 0 Å². The van der Waals surface area contributed by atoms with Gasteiger partial charge < -0.3 is 4.74 Å². The van der Waals surface area contributed by atoms with Crippen molar-refractivity contribution in [2.24, 2.45) is 0 Å². The molecule has 2 nitrogen and oxygen atoms in total. The van der Waals surface area contributed by atoms with Gasteiger partial charge in [0.15, 0.2) is 0 Å². The standard InChI is InChI=1S/C10H9BrO2/c1-13-9-4-5-10(11)8(7-9)3-2-6-12/h2-7H,1H3. The molecule has 1 aromatic rings. The maximum absolute atomic E-state index is 10.1. The molecule has 0 aromatic heterocycles. The minimum absolute atomic E-state index is 0.742. The molecule has 0 aliphatic heterocycles. The van der Waals surface area contributed by atoms with E-state index in [1.165, 1.54) is 6.08 Å². The molecule has 0 saturated carbocycles.